The number of rotatable bonds is 4. The van der Waals surface area contributed by atoms with E-state index in [1.54, 1.807) is 12.1 Å². The van der Waals surface area contributed by atoms with Gasteiger partial charge in [-0.05, 0) is 48.8 Å². The van der Waals surface area contributed by atoms with Crippen molar-refractivity contribution < 1.29 is 13.2 Å². The lowest BCUT2D eigenvalue weighted by atomic mass is 10.1. The van der Waals surface area contributed by atoms with Crippen molar-refractivity contribution in [2.45, 2.75) is 23.2 Å². The minimum atomic E-state index is -4.21. The standard InChI is InChI=1S/C10H12F3NS/c11-10(12,13)15-9-5-3-8(4-6-9)2-1-7-14/h3-6H,1-2,7,14H2. The Morgan fingerprint density at radius 3 is 2.20 bits per heavy atom. The van der Waals surface area contributed by atoms with Crippen molar-refractivity contribution in [2.75, 3.05) is 6.54 Å². The van der Waals surface area contributed by atoms with Gasteiger partial charge in [-0.2, -0.15) is 13.2 Å². The normalized spacial score (nSPS) is 11.7. The molecule has 1 aromatic rings. The molecule has 0 heterocycles. The molecule has 0 aromatic heterocycles. The number of hydrogen-bond donors (Lipinski definition) is 1. The van der Waals surface area contributed by atoms with Gasteiger partial charge in [0, 0.05) is 4.90 Å². The fourth-order valence-electron chi connectivity index (χ4n) is 1.16. The zero-order valence-electron chi connectivity index (χ0n) is 8.05. The van der Waals surface area contributed by atoms with Crippen molar-refractivity contribution in [1.29, 1.82) is 0 Å². The SMILES string of the molecule is NCCCc1ccc(SC(F)(F)F)cc1. The molecule has 5 heteroatoms. The Morgan fingerprint density at radius 1 is 1.13 bits per heavy atom. The fourth-order valence-corrected chi connectivity index (χ4v) is 1.70. The van der Waals surface area contributed by atoms with Crippen LogP contribution in [0.3, 0.4) is 0 Å². The van der Waals surface area contributed by atoms with Gasteiger partial charge < -0.3 is 5.73 Å². The summed E-state index contributed by atoms with van der Waals surface area (Å²) >= 11 is -0.0914. The van der Waals surface area contributed by atoms with Crippen molar-refractivity contribution >= 4 is 11.8 Å². The van der Waals surface area contributed by atoms with Gasteiger partial charge >= 0.3 is 5.51 Å². The molecule has 0 radical (unpaired) electrons. The number of alkyl halides is 3. The van der Waals surface area contributed by atoms with Crippen LogP contribution in [-0.4, -0.2) is 12.1 Å². The Morgan fingerprint density at radius 2 is 1.73 bits per heavy atom. The third-order valence-corrected chi connectivity index (χ3v) is 2.57. The van der Waals surface area contributed by atoms with E-state index in [1.807, 2.05) is 0 Å². The highest BCUT2D eigenvalue weighted by atomic mass is 32.2. The molecule has 0 fully saturated rings. The summed E-state index contributed by atoms with van der Waals surface area (Å²) in [5, 5.41) is 0. The summed E-state index contributed by atoms with van der Waals surface area (Å²) in [6.07, 6.45) is 1.67. The molecule has 0 saturated carbocycles. The second-order valence-electron chi connectivity index (χ2n) is 3.08. The zero-order valence-corrected chi connectivity index (χ0v) is 8.87. The third-order valence-electron chi connectivity index (χ3n) is 1.83. The number of halogens is 3. The van der Waals surface area contributed by atoms with Crippen LogP contribution >= 0.6 is 11.8 Å². The van der Waals surface area contributed by atoms with Crippen LogP contribution < -0.4 is 5.73 Å². The average Bonchev–Trinajstić information content (AvgIpc) is 2.14. The summed E-state index contributed by atoms with van der Waals surface area (Å²) in [5.74, 6) is 0. The molecule has 0 bridgehead atoms. The topological polar surface area (TPSA) is 26.0 Å². The second-order valence-corrected chi connectivity index (χ2v) is 4.22. The maximum atomic E-state index is 12.0. The van der Waals surface area contributed by atoms with Gasteiger partial charge in [-0.3, -0.25) is 0 Å². The maximum absolute atomic E-state index is 12.0. The second kappa shape index (κ2) is 5.42. The summed E-state index contributed by atoms with van der Waals surface area (Å²) in [6, 6.07) is 6.40. The van der Waals surface area contributed by atoms with E-state index in [1.165, 1.54) is 12.1 Å². The smallest absolute Gasteiger partial charge is 0.330 e. The van der Waals surface area contributed by atoms with E-state index in [-0.39, 0.29) is 16.7 Å². The third kappa shape index (κ3) is 5.09. The molecule has 2 N–H and O–H groups in total. The molecule has 0 aliphatic carbocycles. The first-order valence-electron chi connectivity index (χ1n) is 4.56. The fraction of sp³-hybridized carbons (Fsp3) is 0.400. The van der Waals surface area contributed by atoms with Crippen LogP contribution in [0.15, 0.2) is 29.2 Å². The monoisotopic (exact) mass is 235 g/mol. The molecule has 1 aromatic carbocycles. The molecule has 0 saturated heterocycles. The first-order valence-corrected chi connectivity index (χ1v) is 5.37. The number of hydrogen-bond acceptors (Lipinski definition) is 2. The Hall–Kier alpha value is -0.680. The first kappa shape index (κ1) is 12.4. The molecule has 0 aliphatic rings. The Labute approximate surface area is 90.9 Å². The van der Waals surface area contributed by atoms with E-state index in [2.05, 4.69) is 0 Å². The van der Waals surface area contributed by atoms with Crippen molar-refractivity contribution in [1.82, 2.24) is 0 Å². The molecule has 0 amide bonds. The summed E-state index contributed by atoms with van der Waals surface area (Å²) in [4.78, 5) is 0.221. The molecule has 15 heavy (non-hydrogen) atoms. The predicted octanol–water partition coefficient (Wildman–Crippen LogP) is 3.19. The van der Waals surface area contributed by atoms with E-state index in [4.69, 9.17) is 5.73 Å². The van der Waals surface area contributed by atoms with E-state index < -0.39 is 5.51 Å². The summed E-state index contributed by atoms with van der Waals surface area (Å²) < 4.78 is 36.0. The Bertz CT molecular complexity index is 295. The van der Waals surface area contributed by atoms with Gasteiger partial charge in [0.15, 0.2) is 0 Å². The number of aryl methyl sites for hydroxylation is 1. The first-order chi connectivity index (χ1) is 7.01. The van der Waals surface area contributed by atoms with Gasteiger partial charge in [0.2, 0.25) is 0 Å². The molecular weight excluding hydrogens is 223 g/mol. The molecule has 0 atom stereocenters. The van der Waals surface area contributed by atoms with Crippen molar-refractivity contribution in [3.05, 3.63) is 29.8 Å². The quantitative estimate of drug-likeness (QED) is 0.811. The zero-order chi connectivity index (χ0) is 11.3. The van der Waals surface area contributed by atoms with Crippen LogP contribution in [0.25, 0.3) is 0 Å². The summed E-state index contributed by atoms with van der Waals surface area (Å²) in [6.45, 7) is 0.596. The summed E-state index contributed by atoms with van der Waals surface area (Å²) in [7, 11) is 0. The van der Waals surface area contributed by atoms with Gasteiger partial charge in [-0.1, -0.05) is 12.1 Å². The van der Waals surface area contributed by atoms with Crippen molar-refractivity contribution in [3.8, 4) is 0 Å². The molecule has 0 spiro atoms. The van der Waals surface area contributed by atoms with Crippen LogP contribution in [0.5, 0.6) is 0 Å². The van der Waals surface area contributed by atoms with Gasteiger partial charge in [-0.15, -0.1) is 0 Å². The predicted molar refractivity (Wildman–Crippen MR) is 55.7 cm³/mol. The van der Waals surface area contributed by atoms with Crippen molar-refractivity contribution in [3.63, 3.8) is 0 Å². The molecular formula is C10H12F3NS. The van der Waals surface area contributed by atoms with Crippen LogP contribution in [0.1, 0.15) is 12.0 Å². The molecule has 1 nitrogen and oxygen atoms in total. The van der Waals surface area contributed by atoms with Crippen LogP contribution in [0.4, 0.5) is 13.2 Å². The highest BCUT2D eigenvalue weighted by molar-refractivity contribution is 8.00. The lowest BCUT2D eigenvalue weighted by Crippen LogP contribution is -2.01. The Balaban J connectivity index is 2.56. The van der Waals surface area contributed by atoms with Crippen molar-refractivity contribution in [2.24, 2.45) is 5.73 Å². The van der Waals surface area contributed by atoms with Gasteiger partial charge in [0.05, 0.1) is 0 Å². The number of nitrogens with two attached hydrogens (primary N) is 1. The Kier molecular flexibility index (Phi) is 4.47. The van der Waals surface area contributed by atoms with Crippen LogP contribution in [-0.2, 0) is 6.42 Å². The van der Waals surface area contributed by atoms with Crippen LogP contribution in [0.2, 0.25) is 0 Å². The van der Waals surface area contributed by atoms with Gasteiger partial charge in [0.1, 0.15) is 0 Å². The number of benzene rings is 1. The van der Waals surface area contributed by atoms with E-state index in [0.29, 0.717) is 6.54 Å². The minimum Gasteiger partial charge on any atom is -0.330 e. The average molecular weight is 235 g/mol. The highest BCUT2D eigenvalue weighted by Crippen LogP contribution is 2.36. The molecule has 0 aliphatic heterocycles. The minimum absolute atomic E-state index is 0.0914. The molecule has 84 valence electrons. The summed E-state index contributed by atoms with van der Waals surface area (Å²) in [5.41, 5.74) is 2.15. The van der Waals surface area contributed by atoms with E-state index >= 15 is 0 Å². The molecule has 0 unspecified atom stereocenters. The van der Waals surface area contributed by atoms with E-state index in [0.717, 1.165) is 18.4 Å². The van der Waals surface area contributed by atoms with E-state index in [9.17, 15) is 13.2 Å². The highest BCUT2D eigenvalue weighted by Gasteiger charge is 2.28. The molecule has 1 rings (SSSR count). The lowest BCUT2D eigenvalue weighted by Gasteiger charge is -2.06. The maximum Gasteiger partial charge on any atom is 0.446 e. The number of thioether (sulfide) groups is 1. The largest absolute Gasteiger partial charge is 0.446 e. The van der Waals surface area contributed by atoms with Crippen LogP contribution in [0, 0.1) is 0 Å². The lowest BCUT2D eigenvalue weighted by molar-refractivity contribution is -0.0328. The van der Waals surface area contributed by atoms with Gasteiger partial charge in [-0.25, -0.2) is 0 Å². The van der Waals surface area contributed by atoms with Gasteiger partial charge in [0.25, 0.3) is 0 Å².